The molecule has 0 aliphatic heterocycles. The molecule has 2 aromatic rings. The summed E-state index contributed by atoms with van der Waals surface area (Å²) in [4.78, 5) is 8.21. The van der Waals surface area contributed by atoms with Gasteiger partial charge in [-0.1, -0.05) is 23.8 Å². The number of fused-ring (bicyclic) bond motifs is 1. The second kappa shape index (κ2) is 3.21. The van der Waals surface area contributed by atoms with E-state index in [0.29, 0.717) is 5.15 Å². The maximum absolute atomic E-state index is 6.03. The van der Waals surface area contributed by atoms with Crippen LogP contribution in [0, 0.1) is 0 Å². The van der Waals surface area contributed by atoms with E-state index in [4.69, 9.17) is 11.6 Å². The first-order valence-electron chi connectivity index (χ1n) is 4.68. The van der Waals surface area contributed by atoms with E-state index >= 15 is 0 Å². The van der Waals surface area contributed by atoms with Gasteiger partial charge in [0.15, 0.2) is 0 Å². The van der Waals surface area contributed by atoms with E-state index in [1.165, 1.54) is 0 Å². The standard InChI is InChI=1S/C11H8ClN3/c12-11-9-3-1-2-8(9)10(6-14-11)15-5-4-13-7-15/h1-2,4-7H,3H2. The minimum Gasteiger partial charge on any atom is -0.304 e. The van der Waals surface area contributed by atoms with Gasteiger partial charge in [0.05, 0.1) is 18.2 Å². The molecular weight excluding hydrogens is 210 g/mol. The number of halogens is 1. The van der Waals surface area contributed by atoms with Gasteiger partial charge in [-0.25, -0.2) is 9.97 Å². The van der Waals surface area contributed by atoms with Crippen molar-refractivity contribution in [3.8, 4) is 5.69 Å². The number of rotatable bonds is 1. The van der Waals surface area contributed by atoms with Gasteiger partial charge in [-0.05, 0) is 6.42 Å². The third-order valence-corrected chi connectivity index (χ3v) is 2.87. The monoisotopic (exact) mass is 217 g/mol. The summed E-state index contributed by atoms with van der Waals surface area (Å²) in [6.45, 7) is 0. The van der Waals surface area contributed by atoms with Crippen molar-refractivity contribution in [1.82, 2.24) is 14.5 Å². The lowest BCUT2D eigenvalue weighted by molar-refractivity contribution is 1.02. The maximum atomic E-state index is 6.03. The third kappa shape index (κ3) is 1.27. The number of allylic oxidation sites excluding steroid dienone is 1. The zero-order valence-corrected chi connectivity index (χ0v) is 8.65. The van der Waals surface area contributed by atoms with Crippen LogP contribution in [0.3, 0.4) is 0 Å². The van der Waals surface area contributed by atoms with Gasteiger partial charge in [-0.2, -0.15) is 0 Å². The fraction of sp³-hybridized carbons (Fsp3) is 0.0909. The Bertz CT molecular complexity index is 529. The molecule has 0 N–H and O–H groups in total. The molecule has 0 saturated carbocycles. The van der Waals surface area contributed by atoms with Gasteiger partial charge >= 0.3 is 0 Å². The number of hydrogen-bond donors (Lipinski definition) is 0. The van der Waals surface area contributed by atoms with Crippen LogP contribution in [0.2, 0.25) is 5.15 Å². The van der Waals surface area contributed by atoms with E-state index in [1.54, 1.807) is 18.7 Å². The van der Waals surface area contributed by atoms with Gasteiger partial charge in [0, 0.05) is 23.5 Å². The Hall–Kier alpha value is -1.61. The summed E-state index contributed by atoms with van der Waals surface area (Å²) in [5.41, 5.74) is 3.27. The molecule has 4 heteroatoms. The summed E-state index contributed by atoms with van der Waals surface area (Å²) in [6.07, 6.45) is 12.2. The first-order chi connectivity index (χ1) is 7.36. The Kier molecular flexibility index (Phi) is 1.86. The van der Waals surface area contributed by atoms with Gasteiger partial charge in [0.2, 0.25) is 0 Å². The van der Waals surface area contributed by atoms with Gasteiger partial charge in [0.1, 0.15) is 5.15 Å². The second-order valence-corrected chi connectivity index (χ2v) is 3.76. The summed E-state index contributed by atoms with van der Waals surface area (Å²) >= 11 is 6.03. The number of nitrogens with zero attached hydrogens (tertiary/aromatic N) is 3. The van der Waals surface area contributed by atoms with Crippen LogP contribution in [0.15, 0.2) is 31.0 Å². The molecule has 3 rings (SSSR count). The highest BCUT2D eigenvalue weighted by Crippen LogP contribution is 2.29. The molecule has 0 aromatic carbocycles. The molecule has 1 aliphatic carbocycles. The zero-order chi connectivity index (χ0) is 10.3. The van der Waals surface area contributed by atoms with Crippen molar-refractivity contribution >= 4 is 17.7 Å². The highest BCUT2D eigenvalue weighted by atomic mass is 35.5. The molecule has 15 heavy (non-hydrogen) atoms. The van der Waals surface area contributed by atoms with E-state index in [-0.39, 0.29) is 0 Å². The van der Waals surface area contributed by atoms with Crippen molar-refractivity contribution in [2.75, 3.05) is 0 Å². The molecule has 3 nitrogen and oxygen atoms in total. The lowest BCUT2D eigenvalue weighted by Gasteiger charge is -2.08. The average Bonchev–Trinajstić information content (AvgIpc) is 2.88. The van der Waals surface area contributed by atoms with Crippen LogP contribution >= 0.6 is 11.6 Å². The average molecular weight is 218 g/mol. The SMILES string of the molecule is Clc1ncc(-n2ccnc2)c2c1CC=C2. The van der Waals surface area contributed by atoms with Crippen molar-refractivity contribution in [3.05, 3.63) is 47.3 Å². The predicted octanol–water partition coefficient (Wildman–Crippen LogP) is 2.49. The summed E-state index contributed by atoms with van der Waals surface area (Å²) in [5, 5.41) is 0.596. The highest BCUT2D eigenvalue weighted by molar-refractivity contribution is 6.30. The van der Waals surface area contributed by atoms with E-state index in [9.17, 15) is 0 Å². The molecule has 0 saturated heterocycles. The number of imidazole rings is 1. The smallest absolute Gasteiger partial charge is 0.133 e. The van der Waals surface area contributed by atoms with Crippen LogP contribution in [-0.2, 0) is 6.42 Å². The molecule has 0 unspecified atom stereocenters. The van der Waals surface area contributed by atoms with Gasteiger partial charge in [0.25, 0.3) is 0 Å². The van der Waals surface area contributed by atoms with Crippen molar-refractivity contribution in [2.24, 2.45) is 0 Å². The van der Waals surface area contributed by atoms with E-state index in [2.05, 4.69) is 22.1 Å². The normalized spacial score (nSPS) is 13.1. The first-order valence-corrected chi connectivity index (χ1v) is 5.06. The molecule has 0 radical (unpaired) electrons. The van der Waals surface area contributed by atoms with Gasteiger partial charge < -0.3 is 4.57 Å². The largest absolute Gasteiger partial charge is 0.304 e. The van der Waals surface area contributed by atoms with Crippen molar-refractivity contribution in [3.63, 3.8) is 0 Å². The molecule has 0 fully saturated rings. The van der Waals surface area contributed by atoms with Crippen LogP contribution in [0.25, 0.3) is 11.8 Å². The second-order valence-electron chi connectivity index (χ2n) is 3.40. The van der Waals surface area contributed by atoms with Crippen LogP contribution in [0.1, 0.15) is 11.1 Å². The van der Waals surface area contributed by atoms with Crippen molar-refractivity contribution in [1.29, 1.82) is 0 Å². The van der Waals surface area contributed by atoms with Crippen molar-refractivity contribution in [2.45, 2.75) is 6.42 Å². The predicted molar refractivity (Wildman–Crippen MR) is 59.1 cm³/mol. The molecule has 2 heterocycles. The first kappa shape index (κ1) is 8.68. The summed E-state index contributed by atoms with van der Waals surface area (Å²) in [5.74, 6) is 0. The lowest BCUT2D eigenvalue weighted by atomic mass is 10.1. The molecule has 2 aromatic heterocycles. The molecule has 0 spiro atoms. The third-order valence-electron chi connectivity index (χ3n) is 2.54. The maximum Gasteiger partial charge on any atom is 0.133 e. The lowest BCUT2D eigenvalue weighted by Crippen LogP contribution is -1.98. The Morgan fingerprint density at radius 2 is 2.33 bits per heavy atom. The molecule has 1 aliphatic rings. The van der Waals surface area contributed by atoms with Crippen LogP contribution in [0.4, 0.5) is 0 Å². The van der Waals surface area contributed by atoms with Crippen LogP contribution in [-0.4, -0.2) is 14.5 Å². The van der Waals surface area contributed by atoms with Crippen molar-refractivity contribution < 1.29 is 0 Å². The molecule has 0 atom stereocenters. The quantitative estimate of drug-likeness (QED) is 0.688. The number of pyridine rings is 1. The fourth-order valence-corrected chi connectivity index (χ4v) is 2.04. The Balaban J connectivity index is 2.26. The highest BCUT2D eigenvalue weighted by Gasteiger charge is 2.15. The molecular formula is C11H8ClN3. The molecule has 0 amide bonds. The molecule has 74 valence electrons. The number of hydrogen-bond acceptors (Lipinski definition) is 2. The van der Waals surface area contributed by atoms with E-state index < -0.39 is 0 Å². The van der Waals surface area contributed by atoms with E-state index in [1.807, 2.05) is 10.8 Å². The summed E-state index contributed by atoms with van der Waals surface area (Å²) in [6, 6.07) is 0. The Labute approximate surface area is 92.0 Å². The summed E-state index contributed by atoms with van der Waals surface area (Å²) in [7, 11) is 0. The topological polar surface area (TPSA) is 30.7 Å². The molecule has 0 bridgehead atoms. The number of aromatic nitrogens is 3. The Morgan fingerprint density at radius 1 is 1.40 bits per heavy atom. The summed E-state index contributed by atoms with van der Waals surface area (Å²) < 4.78 is 1.94. The Morgan fingerprint density at radius 3 is 3.13 bits per heavy atom. The van der Waals surface area contributed by atoms with Crippen LogP contribution in [0.5, 0.6) is 0 Å². The minimum atomic E-state index is 0.596. The van der Waals surface area contributed by atoms with E-state index in [0.717, 1.165) is 23.2 Å². The van der Waals surface area contributed by atoms with Gasteiger partial charge in [-0.3, -0.25) is 0 Å². The fourth-order valence-electron chi connectivity index (χ4n) is 1.81. The van der Waals surface area contributed by atoms with Crippen LogP contribution < -0.4 is 0 Å². The van der Waals surface area contributed by atoms with Gasteiger partial charge in [-0.15, -0.1) is 0 Å². The minimum absolute atomic E-state index is 0.596. The zero-order valence-electron chi connectivity index (χ0n) is 7.89.